The molecule has 146 valence electrons. The number of carbonyl (C=O) groups excluding carboxylic acids is 1. The first-order chi connectivity index (χ1) is 13.0. The maximum absolute atomic E-state index is 13.8. The van der Waals surface area contributed by atoms with Crippen molar-refractivity contribution in [2.75, 3.05) is 18.1 Å². The van der Waals surface area contributed by atoms with E-state index in [0.717, 1.165) is 16.9 Å². The molecule has 0 bridgehead atoms. The third-order valence-electron chi connectivity index (χ3n) is 4.10. The predicted octanol–water partition coefficient (Wildman–Crippen LogP) is 4.84. The zero-order valence-electron chi connectivity index (χ0n) is 14.9. The van der Waals surface area contributed by atoms with E-state index in [0.29, 0.717) is 11.3 Å². The Kier molecular flexibility index (Phi) is 7.69. The summed E-state index contributed by atoms with van der Waals surface area (Å²) < 4.78 is 13.8. The molecule has 0 aliphatic carbocycles. The van der Waals surface area contributed by atoms with Gasteiger partial charge in [0.25, 0.3) is 0 Å². The standard InChI is InChI=1S/C19H16ClFN4OS.ClH/c1-25-15(9-18(26)24-17-7-4-13(20)8-16(17)21)11-27-19(25)23-14-5-2-12(10-22)3-6-14;/h2-8,15H,9,11H2,1H3,(H,24,26);1H/b23-19-;. The summed E-state index contributed by atoms with van der Waals surface area (Å²) in [6, 6.07) is 13.2. The van der Waals surface area contributed by atoms with Crippen molar-refractivity contribution >= 4 is 58.2 Å². The molecule has 1 unspecified atom stereocenters. The molecular weight excluding hydrogens is 422 g/mol. The van der Waals surface area contributed by atoms with Crippen LogP contribution < -0.4 is 5.32 Å². The van der Waals surface area contributed by atoms with Crippen LogP contribution in [0.4, 0.5) is 15.8 Å². The Morgan fingerprint density at radius 2 is 2.11 bits per heavy atom. The molecule has 1 fully saturated rings. The number of nitrogens with one attached hydrogen (secondary N) is 1. The highest BCUT2D eigenvalue weighted by Crippen LogP contribution is 2.28. The highest BCUT2D eigenvalue weighted by atomic mass is 35.5. The SMILES string of the molecule is CN1/C(=N/c2ccc(C#N)cc2)SCC1CC(=O)Nc1ccc(Cl)cc1F.Cl. The smallest absolute Gasteiger partial charge is 0.226 e. The van der Waals surface area contributed by atoms with Crippen LogP contribution in [-0.4, -0.2) is 34.8 Å². The van der Waals surface area contributed by atoms with Gasteiger partial charge in [-0.05, 0) is 42.5 Å². The number of benzene rings is 2. The number of nitrogens with zero attached hydrogens (tertiary/aromatic N) is 3. The van der Waals surface area contributed by atoms with Gasteiger partial charge in [-0.1, -0.05) is 23.4 Å². The molecule has 2 aromatic rings. The first kappa shape index (κ1) is 22.0. The Labute approximate surface area is 178 Å². The minimum Gasteiger partial charge on any atom is -0.350 e. The van der Waals surface area contributed by atoms with Gasteiger partial charge in [0.2, 0.25) is 5.91 Å². The van der Waals surface area contributed by atoms with E-state index in [1.807, 2.05) is 11.9 Å². The Balaban J connectivity index is 0.00000280. The first-order valence-corrected chi connectivity index (χ1v) is 9.52. The van der Waals surface area contributed by atoms with Crippen molar-refractivity contribution in [1.82, 2.24) is 4.90 Å². The molecule has 1 amide bonds. The Morgan fingerprint density at radius 1 is 1.39 bits per heavy atom. The molecular formula is C19H17Cl2FN4OS. The predicted molar refractivity (Wildman–Crippen MR) is 114 cm³/mol. The normalized spacial score (nSPS) is 17.1. The summed E-state index contributed by atoms with van der Waals surface area (Å²) in [5.74, 6) is -0.122. The van der Waals surface area contributed by atoms with Crippen LogP contribution in [-0.2, 0) is 4.79 Å². The van der Waals surface area contributed by atoms with Gasteiger partial charge in [0.15, 0.2) is 5.17 Å². The topological polar surface area (TPSA) is 68.5 Å². The molecule has 1 heterocycles. The molecule has 0 spiro atoms. The van der Waals surface area contributed by atoms with Crippen molar-refractivity contribution in [2.24, 2.45) is 4.99 Å². The number of anilines is 1. The van der Waals surface area contributed by atoms with Gasteiger partial charge < -0.3 is 10.2 Å². The summed E-state index contributed by atoms with van der Waals surface area (Å²) in [6.07, 6.45) is 0.220. The van der Waals surface area contributed by atoms with Gasteiger partial charge in [-0.2, -0.15) is 5.26 Å². The van der Waals surface area contributed by atoms with Crippen molar-refractivity contribution in [3.63, 3.8) is 0 Å². The van der Waals surface area contributed by atoms with Crippen molar-refractivity contribution < 1.29 is 9.18 Å². The van der Waals surface area contributed by atoms with Gasteiger partial charge >= 0.3 is 0 Å². The number of aliphatic imine (C=N–C) groups is 1. The van der Waals surface area contributed by atoms with E-state index in [2.05, 4.69) is 16.4 Å². The van der Waals surface area contributed by atoms with E-state index in [9.17, 15) is 9.18 Å². The van der Waals surface area contributed by atoms with Gasteiger partial charge in [-0.25, -0.2) is 9.38 Å². The van der Waals surface area contributed by atoms with Gasteiger partial charge in [-0.15, -0.1) is 12.4 Å². The number of halogens is 3. The molecule has 1 aliphatic heterocycles. The second-order valence-electron chi connectivity index (χ2n) is 6.01. The second kappa shape index (κ2) is 9.78. The van der Waals surface area contributed by atoms with E-state index in [-0.39, 0.29) is 41.5 Å². The van der Waals surface area contributed by atoms with Gasteiger partial charge in [0.1, 0.15) is 5.82 Å². The second-order valence-corrected chi connectivity index (χ2v) is 7.43. The molecule has 1 saturated heterocycles. The number of nitriles is 1. The van der Waals surface area contributed by atoms with Crippen LogP contribution in [0.2, 0.25) is 5.02 Å². The van der Waals surface area contributed by atoms with E-state index in [1.54, 1.807) is 36.0 Å². The summed E-state index contributed by atoms with van der Waals surface area (Å²) >= 11 is 7.27. The lowest BCUT2D eigenvalue weighted by molar-refractivity contribution is -0.116. The number of thioether (sulfide) groups is 1. The van der Waals surface area contributed by atoms with Crippen LogP contribution in [0.1, 0.15) is 12.0 Å². The highest BCUT2D eigenvalue weighted by Gasteiger charge is 2.29. The molecule has 28 heavy (non-hydrogen) atoms. The monoisotopic (exact) mass is 438 g/mol. The summed E-state index contributed by atoms with van der Waals surface area (Å²) in [7, 11) is 1.88. The van der Waals surface area contributed by atoms with Crippen molar-refractivity contribution in [2.45, 2.75) is 12.5 Å². The zero-order valence-corrected chi connectivity index (χ0v) is 17.2. The van der Waals surface area contributed by atoms with E-state index >= 15 is 0 Å². The summed E-state index contributed by atoms with van der Waals surface area (Å²) in [6.45, 7) is 0. The average molecular weight is 439 g/mol. The van der Waals surface area contributed by atoms with Crippen LogP contribution in [0.5, 0.6) is 0 Å². The lowest BCUT2D eigenvalue weighted by atomic mass is 10.2. The maximum atomic E-state index is 13.8. The minimum atomic E-state index is -0.562. The molecule has 0 saturated carbocycles. The third-order valence-corrected chi connectivity index (χ3v) is 5.53. The number of amidine groups is 1. The van der Waals surface area contributed by atoms with E-state index in [4.69, 9.17) is 16.9 Å². The fraction of sp³-hybridized carbons (Fsp3) is 0.211. The molecule has 0 aromatic heterocycles. The molecule has 0 radical (unpaired) electrons. The minimum absolute atomic E-state index is 0. The maximum Gasteiger partial charge on any atom is 0.226 e. The number of amides is 1. The van der Waals surface area contributed by atoms with Crippen molar-refractivity contribution in [3.05, 3.63) is 58.9 Å². The lowest BCUT2D eigenvalue weighted by Gasteiger charge is -2.20. The number of carbonyl (C=O) groups is 1. The Bertz CT molecular complexity index is 931. The molecule has 1 N–H and O–H groups in total. The van der Waals surface area contributed by atoms with Crippen LogP contribution in [0.25, 0.3) is 0 Å². The van der Waals surface area contributed by atoms with Crippen LogP contribution in [0, 0.1) is 17.1 Å². The molecule has 1 atom stereocenters. The molecule has 1 aliphatic rings. The Hall–Kier alpha value is -2.27. The number of hydrogen-bond acceptors (Lipinski definition) is 4. The number of rotatable bonds is 4. The zero-order chi connectivity index (χ0) is 19.4. The van der Waals surface area contributed by atoms with Gasteiger partial charge in [-0.3, -0.25) is 4.79 Å². The number of hydrogen-bond donors (Lipinski definition) is 1. The summed E-state index contributed by atoms with van der Waals surface area (Å²) in [5.41, 5.74) is 1.44. The highest BCUT2D eigenvalue weighted by molar-refractivity contribution is 8.14. The quantitative estimate of drug-likeness (QED) is 0.741. The summed E-state index contributed by atoms with van der Waals surface area (Å²) in [4.78, 5) is 18.8. The van der Waals surface area contributed by atoms with Crippen LogP contribution >= 0.6 is 35.8 Å². The lowest BCUT2D eigenvalue weighted by Crippen LogP contribution is -2.33. The van der Waals surface area contributed by atoms with Gasteiger partial charge in [0, 0.05) is 30.3 Å². The van der Waals surface area contributed by atoms with Gasteiger partial charge in [0.05, 0.1) is 23.0 Å². The fourth-order valence-electron chi connectivity index (χ4n) is 2.57. The molecule has 3 rings (SSSR count). The summed E-state index contributed by atoms with van der Waals surface area (Å²) in [5, 5.41) is 12.5. The third kappa shape index (κ3) is 5.38. The van der Waals surface area contributed by atoms with E-state index in [1.165, 1.54) is 12.1 Å². The Morgan fingerprint density at radius 3 is 2.75 bits per heavy atom. The average Bonchev–Trinajstić information content (AvgIpc) is 2.98. The molecule has 5 nitrogen and oxygen atoms in total. The van der Waals surface area contributed by atoms with Crippen molar-refractivity contribution in [1.29, 1.82) is 5.26 Å². The molecule has 9 heteroatoms. The van der Waals surface area contributed by atoms with Crippen LogP contribution in [0.3, 0.4) is 0 Å². The molecule has 2 aromatic carbocycles. The first-order valence-electron chi connectivity index (χ1n) is 8.15. The fourth-order valence-corrected chi connectivity index (χ4v) is 3.94. The van der Waals surface area contributed by atoms with Crippen molar-refractivity contribution in [3.8, 4) is 6.07 Å². The van der Waals surface area contributed by atoms with Crippen LogP contribution in [0.15, 0.2) is 47.5 Å². The van der Waals surface area contributed by atoms with E-state index < -0.39 is 5.82 Å². The largest absolute Gasteiger partial charge is 0.350 e.